The Morgan fingerprint density at radius 2 is 2.38 bits per heavy atom. The summed E-state index contributed by atoms with van der Waals surface area (Å²) in [6, 6.07) is 0.202. The van der Waals surface area contributed by atoms with Crippen molar-refractivity contribution in [3.05, 3.63) is 16.9 Å². The molecule has 0 spiro atoms. The fourth-order valence-corrected chi connectivity index (χ4v) is 2.57. The summed E-state index contributed by atoms with van der Waals surface area (Å²) in [6.07, 6.45) is 3.30. The number of halogens is 1. The lowest BCUT2D eigenvalue weighted by Gasteiger charge is -2.34. The van der Waals surface area contributed by atoms with E-state index in [1.807, 2.05) is 18.5 Å². The summed E-state index contributed by atoms with van der Waals surface area (Å²) in [7, 11) is 0. The van der Waals surface area contributed by atoms with Crippen LogP contribution in [0.25, 0.3) is 0 Å². The lowest BCUT2D eigenvalue weighted by molar-refractivity contribution is 0.00312. The minimum atomic E-state index is -0.879. The number of nitrogens with zero attached hydrogens (tertiary/aromatic N) is 2. The Morgan fingerprint density at radius 1 is 1.62 bits per heavy atom. The molecule has 0 amide bonds. The molecule has 1 unspecified atom stereocenters. The van der Waals surface area contributed by atoms with Crippen LogP contribution in [0.2, 0.25) is 5.02 Å². The van der Waals surface area contributed by atoms with Gasteiger partial charge < -0.3 is 10.4 Å². The van der Waals surface area contributed by atoms with Crippen LogP contribution in [-0.4, -0.2) is 28.0 Å². The Labute approximate surface area is 101 Å². The molecule has 0 radical (unpaired) electrons. The number of nitrogens with one attached hydrogen (secondary N) is 1. The first-order chi connectivity index (χ1) is 7.54. The van der Waals surface area contributed by atoms with Crippen LogP contribution in [0.4, 0.5) is 0 Å². The summed E-state index contributed by atoms with van der Waals surface area (Å²) in [6.45, 7) is 5.57. The van der Waals surface area contributed by atoms with Gasteiger partial charge in [0.15, 0.2) is 0 Å². The Kier molecular flexibility index (Phi) is 3.24. The zero-order valence-corrected chi connectivity index (χ0v) is 10.5. The average molecular weight is 244 g/mol. The molecule has 2 N–H and O–H groups in total. The summed E-state index contributed by atoms with van der Waals surface area (Å²) in [5, 5.41) is 18.6. The normalized spacial score (nSPS) is 26.3. The fraction of sp³-hybridized carbons (Fsp3) is 0.727. The molecule has 2 rings (SSSR count). The Hall–Kier alpha value is -0.580. The number of piperidine rings is 1. The van der Waals surface area contributed by atoms with Crippen molar-refractivity contribution in [2.24, 2.45) is 0 Å². The second kappa shape index (κ2) is 4.35. The molecular formula is C11H18ClN3O. The van der Waals surface area contributed by atoms with Crippen molar-refractivity contribution < 1.29 is 5.11 Å². The van der Waals surface area contributed by atoms with Crippen molar-refractivity contribution in [2.75, 3.05) is 13.1 Å². The molecule has 1 fully saturated rings. The summed E-state index contributed by atoms with van der Waals surface area (Å²) >= 11 is 6.14. The van der Waals surface area contributed by atoms with Crippen molar-refractivity contribution in [3.63, 3.8) is 0 Å². The van der Waals surface area contributed by atoms with Gasteiger partial charge in [0, 0.05) is 12.6 Å². The van der Waals surface area contributed by atoms with E-state index in [2.05, 4.69) is 10.4 Å². The highest BCUT2D eigenvalue weighted by atomic mass is 35.5. The van der Waals surface area contributed by atoms with Crippen molar-refractivity contribution in [3.8, 4) is 0 Å². The molecule has 0 aromatic carbocycles. The first-order valence-electron chi connectivity index (χ1n) is 5.71. The second-order valence-electron chi connectivity index (χ2n) is 4.69. The van der Waals surface area contributed by atoms with Crippen LogP contribution in [0.15, 0.2) is 6.20 Å². The van der Waals surface area contributed by atoms with Gasteiger partial charge in [0.1, 0.15) is 5.60 Å². The maximum atomic E-state index is 10.6. The van der Waals surface area contributed by atoms with E-state index in [1.165, 1.54) is 0 Å². The predicted molar refractivity (Wildman–Crippen MR) is 63.6 cm³/mol. The molecule has 5 heteroatoms. The number of aromatic nitrogens is 2. The van der Waals surface area contributed by atoms with Crippen LogP contribution in [0, 0.1) is 0 Å². The Bertz CT molecular complexity index is 369. The maximum Gasteiger partial charge on any atom is 0.120 e. The molecule has 1 atom stereocenters. The van der Waals surface area contributed by atoms with Crippen molar-refractivity contribution in [2.45, 2.75) is 38.3 Å². The molecular weight excluding hydrogens is 226 g/mol. The molecule has 1 aromatic heterocycles. The Balaban J connectivity index is 2.41. The third-order valence-corrected chi connectivity index (χ3v) is 3.32. The highest BCUT2D eigenvalue weighted by Crippen LogP contribution is 2.34. The molecule has 90 valence electrons. The van der Waals surface area contributed by atoms with E-state index in [0.29, 0.717) is 11.6 Å². The van der Waals surface area contributed by atoms with E-state index in [0.717, 1.165) is 25.1 Å². The average Bonchev–Trinajstić information content (AvgIpc) is 2.62. The number of rotatable bonds is 2. The number of hydrogen-bond donors (Lipinski definition) is 2. The van der Waals surface area contributed by atoms with E-state index in [9.17, 15) is 5.11 Å². The first kappa shape index (κ1) is 11.9. The van der Waals surface area contributed by atoms with Gasteiger partial charge in [0.2, 0.25) is 0 Å². The molecule has 1 aliphatic rings. The predicted octanol–water partition coefficient (Wildman–Crippen LogP) is 1.69. The van der Waals surface area contributed by atoms with Crippen molar-refractivity contribution in [1.82, 2.24) is 15.1 Å². The summed E-state index contributed by atoms with van der Waals surface area (Å²) in [5.74, 6) is 0. The van der Waals surface area contributed by atoms with Crippen molar-refractivity contribution in [1.29, 1.82) is 0 Å². The summed E-state index contributed by atoms with van der Waals surface area (Å²) in [4.78, 5) is 0. The van der Waals surface area contributed by atoms with Gasteiger partial charge in [-0.15, -0.1) is 0 Å². The SMILES string of the molecule is CC(C)n1ncc(Cl)c1C1(O)CCCNC1. The van der Waals surface area contributed by atoms with Gasteiger partial charge in [-0.3, -0.25) is 4.68 Å². The van der Waals surface area contributed by atoms with Crippen LogP contribution >= 0.6 is 11.6 Å². The number of aliphatic hydroxyl groups is 1. The van der Waals surface area contributed by atoms with Gasteiger partial charge in [-0.25, -0.2) is 0 Å². The molecule has 1 aliphatic heterocycles. The number of hydrogen-bond acceptors (Lipinski definition) is 3. The Morgan fingerprint density at radius 3 is 2.94 bits per heavy atom. The van der Waals surface area contributed by atoms with Crippen LogP contribution in [0.3, 0.4) is 0 Å². The van der Waals surface area contributed by atoms with Crippen LogP contribution in [-0.2, 0) is 5.60 Å². The fourth-order valence-electron chi connectivity index (χ4n) is 2.26. The topological polar surface area (TPSA) is 50.1 Å². The van der Waals surface area contributed by atoms with Crippen LogP contribution in [0.5, 0.6) is 0 Å². The second-order valence-corrected chi connectivity index (χ2v) is 5.10. The van der Waals surface area contributed by atoms with Gasteiger partial charge in [0.05, 0.1) is 16.9 Å². The van der Waals surface area contributed by atoms with E-state index in [-0.39, 0.29) is 6.04 Å². The molecule has 0 saturated carbocycles. The highest BCUT2D eigenvalue weighted by molar-refractivity contribution is 6.31. The summed E-state index contributed by atoms with van der Waals surface area (Å²) in [5.41, 5.74) is -0.132. The van der Waals surface area contributed by atoms with Crippen LogP contribution in [0.1, 0.15) is 38.4 Å². The minimum absolute atomic E-state index is 0.202. The van der Waals surface area contributed by atoms with Crippen LogP contribution < -0.4 is 5.32 Å². The zero-order valence-electron chi connectivity index (χ0n) is 9.70. The zero-order chi connectivity index (χ0) is 11.8. The van der Waals surface area contributed by atoms with E-state index in [4.69, 9.17) is 11.6 Å². The van der Waals surface area contributed by atoms with E-state index < -0.39 is 5.60 Å². The van der Waals surface area contributed by atoms with Gasteiger partial charge in [-0.2, -0.15) is 5.10 Å². The van der Waals surface area contributed by atoms with Gasteiger partial charge in [0.25, 0.3) is 0 Å². The first-order valence-corrected chi connectivity index (χ1v) is 6.09. The molecule has 2 heterocycles. The van der Waals surface area contributed by atoms with E-state index in [1.54, 1.807) is 6.20 Å². The largest absolute Gasteiger partial charge is 0.382 e. The quantitative estimate of drug-likeness (QED) is 0.831. The summed E-state index contributed by atoms with van der Waals surface area (Å²) < 4.78 is 1.81. The van der Waals surface area contributed by atoms with Gasteiger partial charge in [-0.1, -0.05) is 11.6 Å². The molecule has 16 heavy (non-hydrogen) atoms. The molecule has 0 bridgehead atoms. The third-order valence-electron chi connectivity index (χ3n) is 3.04. The minimum Gasteiger partial charge on any atom is -0.382 e. The van der Waals surface area contributed by atoms with E-state index >= 15 is 0 Å². The maximum absolute atomic E-state index is 10.6. The molecule has 1 aromatic rings. The molecule has 4 nitrogen and oxygen atoms in total. The van der Waals surface area contributed by atoms with Crippen molar-refractivity contribution >= 4 is 11.6 Å². The molecule has 0 aliphatic carbocycles. The smallest absolute Gasteiger partial charge is 0.120 e. The lowest BCUT2D eigenvalue weighted by atomic mass is 9.90. The monoisotopic (exact) mass is 243 g/mol. The molecule has 1 saturated heterocycles. The van der Waals surface area contributed by atoms with Gasteiger partial charge in [-0.05, 0) is 33.2 Å². The third kappa shape index (κ3) is 1.97. The number of β-amino-alcohol motifs (C(OH)–C–C–N with tert-alkyl or cyclic N) is 1. The lowest BCUT2D eigenvalue weighted by Crippen LogP contribution is -2.45. The van der Waals surface area contributed by atoms with Gasteiger partial charge >= 0.3 is 0 Å². The standard InChI is InChI=1S/C11H18ClN3O/c1-8(2)15-10(9(12)6-14-15)11(16)4-3-5-13-7-11/h6,8,13,16H,3-5,7H2,1-2H3. The highest BCUT2D eigenvalue weighted by Gasteiger charge is 2.37.